The minimum absolute atomic E-state index is 0.0179. The summed E-state index contributed by atoms with van der Waals surface area (Å²) in [4.78, 5) is 0. The van der Waals surface area contributed by atoms with Crippen molar-refractivity contribution in [1.29, 1.82) is 0 Å². The van der Waals surface area contributed by atoms with Gasteiger partial charge in [0, 0.05) is 16.1 Å². The van der Waals surface area contributed by atoms with Crippen LogP contribution in [0.25, 0.3) is 0 Å². The van der Waals surface area contributed by atoms with Gasteiger partial charge in [0.1, 0.15) is 6.10 Å². The number of hydrogen-bond donors (Lipinski definition) is 1. The van der Waals surface area contributed by atoms with Crippen LogP contribution in [0.1, 0.15) is 17.2 Å². The lowest BCUT2D eigenvalue weighted by Gasteiger charge is -2.12. The molecule has 1 nitrogen and oxygen atoms in total. The summed E-state index contributed by atoms with van der Waals surface area (Å²) in [5.74, 6) is -2.08. The van der Waals surface area contributed by atoms with Gasteiger partial charge in [0.05, 0.1) is 7.57 Å². The van der Waals surface area contributed by atoms with Gasteiger partial charge in [-0.1, -0.05) is 11.6 Å². The van der Waals surface area contributed by atoms with E-state index in [9.17, 15) is 13.9 Å². The Morgan fingerprint density at radius 3 is 2.28 bits per heavy atom. The van der Waals surface area contributed by atoms with E-state index in [1.165, 1.54) is 11.3 Å². The van der Waals surface area contributed by atoms with Gasteiger partial charge < -0.3 is 5.11 Å². The predicted octanol–water partition coefficient (Wildman–Crippen LogP) is 5.29. The Hall–Kier alpha value is -0.0100. The topological polar surface area (TPSA) is 20.2 Å². The third-order valence-electron chi connectivity index (χ3n) is 2.31. The Kier molecular flexibility index (Phi) is 4.44. The monoisotopic (exact) mass is 416 g/mol. The number of rotatable bonds is 2. The fourth-order valence-electron chi connectivity index (χ4n) is 1.45. The zero-order valence-corrected chi connectivity index (χ0v) is 13.3. The molecule has 0 aliphatic rings. The number of halogens is 5. The summed E-state index contributed by atoms with van der Waals surface area (Å²) < 4.78 is 27.6. The summed E-state index contributed by atoms with van der Waals surface area (Å²) >= 11 is 13.8. The minimum atomic E-state index is -1.12. The van der Waals surface area contributed by atoms with Crippen LogP contribution >= 0.6 is 54.8 Å². The summed E-state index contributed by atoms with van der Waals surface area (Å²) in [6, 6.07) is 3.45. The van der Waals surface area contributed by atoms with E-state index in [0.717, 1.165) is 15.9 Å². The zero-order chi connectivity index (χ0) is 13.4. The van der Waals surface area contributed by atoms with Crippen LogP contribution in [0.15, 0.2) is 25.8 Å². The fourth-order valence-corrected chi connectivity index (χ4v) is 4.59. The Labute approximate surface area is 128 Å². The first kappa shape index (κ1) is 14.4. The number of hydrogen-bond acceptors (Lipinski definition) is 2. The third kappa shape index (κ3) is 2.77. The molecule has 0 saturated carbocycles. The largest absolute Gasteiger partial charge is 0.384 e. The van der Waals surface area contributed by atoms with Crippen molar-refractivity contribution in [3.05, 3.63) is 53.6 Å². The maximum atomic E-state index is 13.2. The SMILES string of the molecule is OC(c1cc(F)c(F)cc1Cl)c1cc(Br)sc1Br. The summed E-state index contributed by atoms with van der Waals surface area (Å²) in [5.41, 5.74) is 0.668. The Balaban J connectivity index is 2.49. The fraction of sp³-hybridized carbons (Fsp3) is 0.0909. The van der Waals surface area contributed by atoms with E-state index < -0.39 is 17.7 Å². The maximum absolute atomic E-state index is 13.2. The summed E-state index contributed by atoms with van der Waals surface area (Å²) in [6.45, 7) is 0. The highest BCUT2D eigenvalue weighted by Gasteiger charge is 2.21. The first-order chi connectivity index (χ1) is 8.40. The molecule has 7 heteroatoms. The molecule has 1 N–H and O–H groups in total. The van der Waals surface area contributed by atoms with Gasteiger partial charge in [0.15, 0.2) is 11.6 Å². The highest BCUT2D eigenvalue weighted by atomic mass is 79.9. The van der Waals surface area contributed by atoms with Crippen LogP contribution < -0.4 is 0 Å². The lowest BCUT2D eigenvalue weighted by Crippen LogP contribution is -2.01. The van der Waals surface area contributed by atoms with Gasteiger partial charge in [0.25, 0.3) is 0 Å². The molecular formula is C11H5Br2ClF2OS. The molecule has 2 aromatic rings. The molecule has 1 aromatic carbocycles. The maximum Gasteiger partial charge on any atom is 0.160 e. The summed E-state index contributed by atoms with van der Waals surface area (Å²) in [7, 11) is 0. The van der Waals surface area contributed by atoms with Crippen molar-refractivity contribution in [2.75, 3.05) is 0 Å². The molecule has 2 rings (SSSR count). The van der Waals surface area contributed by atoms with Crippen LogP contribution in [0.5, 0.6) is 0 Å². The normalized spacial score (nSPS) is 12.8. The van der Waals surface area contributed by atoms with Crippen LogP contribution in [0.4, 0.5) is 8.78 Å². The second-order valence-electron chi connectivity index (χ2n) is 3.47. The van der Waals surface area contributed by atoms with E-state index >= 15 is 0 Å². The Bertz CT molecular complexity index is 603. The quantitative estimate of drug-likeness (QED) is 0.658. The van der Waals surface area contributed by atoms with Crippen LogP contribution in [-0.2, 0) is 0 Å². The highest BCUT2D eigenvalue weighted by molar-refractivity contribution is 9.12. The molecule has 0 bridgehead atoms. The number of aliphatic hydroxyl groups excluding tert-OH is 1. The van der Waals surface area contributed by atoms with Crippen molar-refractivity contribution in [2.45, 2.75) is 6.10 Å². The van der Waals surface area contributed by atoms with Gasteiger partial charge in [-0.3, -0.25) is 0 Å². The van der Waals surface area contributed by atoms with Gasteiger partial charge >= 0.3 is 0 Å². The molecule has 0 radical (unpaired) electrons. The van der Waals surface area contributed by atoms with Crippen LogP contribution in [-0.4, -0.2) is 5.11 Å². The van der Waals surface area contributed by atoms with Crippen molar-refractivity contribution >= 4 is 54.8 Å². The summed E-state index contributed by atoms with van der Waals surface area (Å²) in [6.07, 6.45) is -1.12. The lowest BCUT2D eigenvalue weighted by molar-refractivity contribution is 0.219. The van der Waals surface area contributed by atoms with Crippen molar-refractivity contribution in [3.63, 3.8) is 0 Å². The average molecular weight is 418 g/mol. The molecule has 0 saturated heterocycles. The molecule has 0 aliphatic heterocycles. The van der Waals surface area contributed by atoms with Crippen LogP contribution in [0.2, 0.25) is 5.02 Å². The van der Waals surface area contributed by atoms with E-state index in [1.54, 1.807) is 6.07 Å². The molecule has 1 heterocycles. The third-order valence-corrected chi connectivity index (χ3v) is 5.02. The molecular weight excluding hydrogens is 413 g/mol. The molecule has 0 fully saturated rings. The van der Waals surface area contributed by atoms with E-state index in [4.69, 9.17) is 11.6 Å². The van der Waals surface area contributed by atoms with Crippen molar-refractivity contribution in [2.24, 2.45) is 0 Å². The van der Waals surface area contributed by atoms with Crippen molar-refractivity contribution in [3.8, 4) is 0 Å². The second kappa shape index (κ2) is 5.54. The van der Waals surface area contributed by atoms with Gasteiger partial charge in [-0.25, -0.2) is 8.78 Å². The van der Waals surface area contributed by atoms with E-state index in [0.29, 0.717) is 9.35 Å². The van der Waals surface area contributed by atoms with E-state index in [1.807, 2.05) is 0 Å². The number of aliphatic hydroxyl groups is 1. The first-order valence-corrected chi connectivity index (χ1v) is 7.45. The first-order valence-electron chi connectivity index (χ1n) is 4.67. The number of benzene rings is 1. The standard InChI is InChI=1S/C11H5Br2ClF2OS/c12-9-2-5(11(13)18-9)10(17)4-1-7(15)8(16)3-6(4)14/h1-3,10,17H. The number of thiophene rings is 1. The molecule has 0 spiro atoms. The molecule has 1 atom stereocenters. The molecule has 1 aromatic heterocycles. The van der Waals surface area contributed by atoms with Crippen LogP contribution in [0, 0.1) is 11.6 Å². The predicted molar refractivity (Wildman–Crippen MR) is 75.1 cm³/mol. The van der Waals surface area contributed by atoms with E-state index in [2.05, 4.69) is 31.9 Å². The van der Waals surface area contributed by atoms with Gasteiger partial charge in [-0.2, -0.15) is 0 Å². The molecule has 0 aliphatic carbocycles. The Morgan fingerprint density at radius 2 is 1.72 bits per heavy atom. The summed E-state index contributed by atoms with van der Waals surface area (Å²) in [5, 5.41) is 10.1. The lowest BCUT2D eigenvalue weighted by atomic mass is 10.0. The van der Waals surface area contributed by atoms with Crippen molar-refractivity contribution < 1.29 is 13.9 Å². The van der Waals surface area contributed by atoms with Crippen molar-refractivity contribution in [1.82, 2.24) is 0 Å². The van der Waals surface area contributed by atoms with Gasteiger partial charge in [-0.15, -0.1) is 11.3 Å². The molecule has 96 valence electrons. The molecule has 18 heavy (non-hydrogen) atoms. The highest BCUT2D eigenvalue weighted by Crippen LogP contribution is 2.39. The zero-order valence-electron chi connectivity index (χ0n) is 8.55. The molecule has 1 unspecified atom stereocenters. The van der Waals surface area contributed by atoms with Crippen LogP contribution in [0.3, 0.4) is 0 Å². The van der Waals surface area contributed by atoms with Gasteiger partial charge in [-0.05, 0) is 50.1 Å². The smallest absolute Gasteiger partial charge is 0.160 e. The average Bonchev–Trinajstić information content (AvgIpc) is 2.62. The second-order valence-corrected chi connectivity index (χ2v) is 7.63. The van der Waals surface area contributed by atoms with E-state index in [-0.39, 0.29) is 10.6 Å². The van der Waals surface area contributed by atoms with Gasteiger partial charge in [0.2, 0.25) is 0 Å². The Morgan fingerprint density at radius 1 is 1.11 bits per heavy atom. The molecule has 0 amide bonds. The minimum Gasteiger partial charge on any atom is -0.384 e.